The van der Waals surface area contributed by atoms with Crippen LogP contribution in [-0.2, 0) is 9.53 Å². The summed E-state index contributed by atoms with van der Waals surface area (Å²) in [7, 11) is 0. The Kier molecular flexibility index (Phi) is 19.6. The van der Waals surface area contributed by atoms with Gasteiger partial charge in [-0.2, -0.15) is 0 Å². The normalized spacial score (nSPS) is 11.7. The minimum atomic E-state index is -0.987. The largest absolute Gasteiger partial charge is 0.460 e. The van der Waals surface area contributed by atoms with Crippen LogP contribution in [0.4, 0.5) is 0 Å². The lowest BCUT2D eigenvalue weighted by atomic mass is 10.1. The van der Waals surface area contributed by atoms with E-state index in [0.29, 0.717) is 0 Å². The third kappa shape index (κ3) is 20.8. The Labute approximate surface area is 184 Å². The van der Waals surface area contributed by atoms with Gasteiger partial charge in [0, 0.05) is 18.3 Å². The fourth-order valence-corrected chi connectivity index (χ4v) is 2.77. The smallest absolute Gasteiger partial charge is 0.330 e. The van der Waals surface area contributed by atoms with E-state index in [1.54, 1.807) is 0 Å². The molecule has 0 spiro atoms. The van der Waals surface area contributed by atoms with Gasteiger partial charge in [0.15, 0.2) is 0 Å². The second kappa shape index (κ2) is 21.1. The number of rotatable bonds is 16. The zero-order valence-corrected chi connectivity index (χ0v) is 18.8. The summed E-state index contributed by atoms with van der Waals surface area (Å²) in [5.41, 5.74) is -0.855. The lowest BCUT2D eigenvalue weighted by molar-refractivity contribution is -0.141. The Bertz CT molecular complexity index is 658. The number of hydrogen-bond donors (Lipinski definition) is 4. The molecule has 0 aliphatic rings. The molecular formula is C23H40N2O6. The van der Waals surface area contributed by atoms with Crippen molar-refractivity contribution < 1.29 is 19.7 Å². The van der Waals surface area contributed by atoms with Crippen molar-refractivity contribution in [2.75, 3.05) is 13.2 Å². The Morgan fingerprint density at radius 1 is 1.03 bits per heavy atom. The number of esters is 1. The Morgan fingerprint density at radius 2 is 1.61 bits per heavy atom. The van der Waals surface area contributed by atoms with Crippen LogP contribution in [0.15, 0.2) is 34.0 Å². The number of carbonyl (C=O) groups is 1. The SMILES string of the molecule is CCCCCCCCCCCCCC=CC(=O)OCC(O)CO.O=c1cc[nH]c(=O)[nH]1. The molecule has 0 aliphatic carbocycles. The highest BCUT2D eigenvalue weighted by Crippen LogP contribution is 2.12. The maximum atomic E-state index is 11.3. The molecule has 0 bridgehead atoms. The minimum Gasteiger partial charge on any atom is -0.460 e. The summed E-state index contributed by atoms with van der Waals surface area (Å²) < 4.78 is 4.77. The van der Waals surface area contributed by atoms with Crippen molar-refractivity contribution in [3.8, 4) is 0 Å². The molecule has 0 radical (unpaired) electrons. The summed E-state index contributed by atoms with van der Waals surface area (Å²) in [5, 5.41) is 17.6. The first kappa shape index (κ1) is 28.8. The van der Waals surface area contributed by atoms with Gasteiger partial charge in [0.25, 0.3) is 5.56 Å². The quantitative estimate of drug-likeness (QED) is 0.177. The average molecular weight is 441 g/mol. The van der Waals surface area contributed by atoms with Crippen LogP contribution >= 0.6 is 0 Å². The van der Waals surface area contributed by atoms with Crippen molar-refractivity contribution in [3.05, 3.63) is 45.3 Å². The van der Waals surface area contributed by atoms with Gasteiger partial charge < -0.3 is 19.9 Å². The zero-order valence-electron chi connectivity index (χ0n) is 18.8. The first-order chi connectivity index (χ1) is 15.0. The number of hydrogen-bond acceptors (Lipinski definition) is 6. The van der Waals surface area contributed by atoms with Crippen LogP contribution in [0.1, 0.15) is 84.0 Å². The number of H-pyrrole nitrogens is 2. The lowest BCUT2D eigenvalue weighted by Crippen LogP contribution is -2.21. The number of nitrogens with one attached hydrogen (secondary N) is 2. The standard InChI is InChI=1S/C19H36O4.C4H4N2O2/c1-2-3-4-5-6-7-8-9-10-11-12-13-14-15-19(22)23-17-18(21)16-20;7-3-1-2-5-4(8)6-3/h14-15,18,20-21H,2-13,16-17H2,1H3;1-2H,(H2,5,6,7,8). The third-order valence-electron chi connectivity index (χ3n) is 4.54. The molecule has 1 atom stereocenters. The van der Waals surface area contributed by atoms with Crippen LogP contribution in [0.5, 0.6) is 0 Å². The summed E-state index contributed by atoms with van der Waals surface area (Å²) in [5.74, 6) is -0.458. The average Bonchev–Trinajstić information content (AvgIpc) is 2.75. The summed E-state index contributed by atoms with van der Waals surface area (Å²) in [6.07, 6.45) is 18.9. The van der Waals surface area contributed by atoms with E-state index in [-0.39, 0.29) is 12.2 Å². The zero-order chi connectivity index (χ0) is 23.2. The fourth-order valence-electron chi connectivity index (χ4n) is 2.77. The van der Waals surface area contributed by atoms with Crippen molar-refractivity contribution in [2.24, 2.45) is 0 Å². The van der Waals surface area contributed by atoms with Crippen LogP contribution in [0, 0.1) is 0 Å². The van der Waals surface area contributed by atoms with Gasteiger partial charge in [-0.05, 0) is 12.8 Å². The first-order valence-electron chi connectivity index (χ1n) is 11.4. The van der Waals surface area contributed by atoms with Crippen LogP contribution in [-0.4, -0.2) is 45.5 Å². The predicted octanol–water partition coefficient (Wildman–Crippen LogP) is 3.20. The van der Waals surface area contributed by atoms with Crippen LogP contribution < -0.4 is 11.2 Å². The van der Waals surface area contributed by atoms with Crippen LogP contribution in [0.3, 0.4) is 0 Å². The highest BCUT2D eigenvalue weighted by molar-refractivity contribution is 5.81. The van der Waals surface area contributed by atoms with Gasteiger partial charge in [-0.25, -0.2) is 9.59 Å². The van der Waals surface area contributed by atoms with Gasteiger partial charge in [0.05, 0.1) is 6.61 Å². The molecule has 8 heteroatoms. The van der Waals surface area contributed by atoms with Crippen molar-refractivity contribution in [2.45, 2.75) is 90.1 Å². The Hall–Kier alpha value is -2.19. The second-order valence-corrected chi connectivity index (χ2v) is 7.49. The van der Waals surface area contributed by atoms with Gasteiger partial charge in [0.1, 0.15) is 12.7 Å². The molecule has 0 fully saturated rings. The topological polar surface area (TPSA) is 132 Å². The van der Waals surface area contributed by atoms with Gasteiger partial charge >= 0.3 is 11.7 Å². The van der Waals surface area contributed by atoms with E-state index in [4.69, 9.17) is 14.9 Å². The summed E-state index contributed by atoms with van der Waals surface area (Å²) in [4.78, 5) is 35.9. The summed E-state index contributed by atoms with van der Waals surface area (Å²) >= 11 is 0. The third-order valence-corrected chi connectivity index (χ3v) is 4.54. The molecule has 1 unspecified atom stereocenters. The molecular weight excluding hydrogens is 400 g/mol. The maximum absolute atomic E-state index is 11.3. The number of ether oxygens (including phenoxy) is 1. The number of unbranched alkanes of at least 4 members (excludes halogenated alkanes) is 11. The molecule has 1 heterocycles. The molecule has 31 heavy (non-hydrogen) atoms. The Morgan fingerprint density at radius 3 is 2.10 bits per heavy atom. The highest BCUT2D eigenvalue weighted by Gasteiger charge is 2.04. The summed E-state index contributed by atoms with van der Waals surface area (Å²) in [6, 6.07) is 1.24. The van der Waals surface area contributed by atoms with E-state index < -0.39 is 24.4 Å². The van der Waals surface area contributed by atoms with Crippen molar-refractivity contribution >= 4 is 5.97 Å². The molecule has 0 saturated heterocycles. The molecule has 178 valence electrons. The number of aromatic amines is 2. The minimum absolute atomic E-state index is 0.155. The number of carbonyl (C=O) groups excluding carboxylic acids is 1. The Balaban J connectivity index is 0.000000929. The van der Waals surface area contributed by atoms with E-state index in [1.807, 2.05) is 11.1 Å². The molecule has 0 amide bonds. The van der Waals surface area contributed by atoms with Crippen LogP contribution in [0.25, 0.3) is 0 Å². The van der Waals surface area contributed by atoms with Crippen LogP contribution in [0.2, 0.25) is 0 Å². The molecule has 0 aromatic carbocycles. The van der Waals surface area contributed by atoms with E-state index in [9.17, 15) is 14.4 Å². The first-order valence-corrected chi connectivity index (χ1v) is 11.4. The predicted molar refractivity (Wildman–Crippen MR) is 122 cm³/mol. The van der Waals surface area contributed by atoms with Crippen molar-refractivity contribution in [1.29, 1.82) is 0 Å². The van der Waals surface area contributed by atoms with Gasteiger partial charge in [-0.3, -0.25) is 9.78 Å². The maximum Gasteiger partial charge on any atom is 0.330 e. The molecule has 8 nitrogen and oxygen atoms in total. The molecule has 1 aromatic rings. The highest BCUT2D eigenvalue weighted by atomic mass is 16.5. The molecule has 1 rings (SSSR count). The lowest BCUT2D eigenvalue weighted by Gasteiger charge is -2.06. The number of aliphatic hydroxyl groups excluding tert-OH is 2. The number of aliphatic hydroxyl groups is 2. The second-order valence-electron chi connectivity index (χ2n) is 7.49. The fraction of sp³-hybridized carbons (Fsp3) is 0.696. The monoisotopic (exact) mass is 440 g/mol. The van der Waals surface area contributed by atoms with Crippen molar-refractivity contribution in [3.63, 3.8) is 0 Å². The number of aromatic nitrogens is 2. The van der Waals surface area contributed by atoms with Gasteiger partial charge in [0.2, 0.25) is 0 Å². The van der Waals surface area contributed by atoms with E-state index >= 15 is 0 Å². The van der Waals surface area contributed by atoms with Crippen molar-refractivity contribution in [1.82, 2.24) is 9.97 Å². The van der Waals surface area contributed by atoms with E-state index in [0.717, 1.165) is 12.8 Å². The van der Waals surface area contributed by atoms with E-state index in [2.05, 4.69) is 11.9 Å². The molecule has 4 N–H and O–H groups in total. The summed E-state index contributed by atoms with van der Waals surface area (Å²) in [6.45, 7) is 1.70. The number of allylic oxidation sites excluding steroid dienone is 1. The van der Waals surface area contributed by atoms with Gasteiger partial charge in [-0.15, -0.1) is 0 Å². The molecule has 0 saturated carbocycles. The molecule has 0 aliphatic heterocycles. The molecule has 1 aromatic heterocycles. The van der Waals surface area contributed by atoms with E-state index in [1.165, 1.54) is 82.5 Å². The van der Waals surface area contributed by atoms with Gasteiger partial charge in [-0.1, -0.05) is 77.2 Å².